The van der Waals surface area contributed by atoms with E-state index in [1.807, 2.05) is 61.5 Å². The molecule has 1 aromatic heterocycles. The van der Waals surface area contributed by atoms with Crippen molar-refractivity contribution >= 4 is 23.4 Å². The van der Waals surface area contributed by atoms with Crippen molar-refractivity contribution in [3.8, 4) is 0 Å². The van der Waals surface area contributed by atoms with Crippen LogP contribution in [0.1, 0.15) is 35.3 Å². The monoisotopic (exact) mass is 364 g/mol. The SMILES string of the molecule is Cc1ccc(NC(=O)C(Sc2nncn2C2CC2)c2ccccc2)cc1. The largest absolute Gasteiger partial charge is 0.325 e. The summed E-state index contributed by atoms with van der Waals surface area (Å²) in [6.07, 6.45) is 4.06. The minimum atomic E-state index is -0.390. The lowest BCUT2D eigenvalue weighted by molar-refractivity contribution is -0.115. The highest BCUT2D eigenvalue weighted by atomic mass is 32.2. The van der Waals surface area contributed by atoms with Crippen LogP contribution in [0.15, 0.2) is 66.1 Å². The lowest BCUT2D eigenvalue weighted by Crippen LogP contribution is -2.19. The van der Waals surface area contributed by atoms with Crippen molar-refractivity contribution in [1.82, 2.24) is 14.8 Å². The molecule has 4 rings (SSSR count). The first-order valence-electron chi connectivity index (χ1n) is 8.69. The number of nitrogens with zero attached hydrogens (tertiary/aromatic N) is 3. The van der Waals surface area contributed by atoms with E-state index in [4.69, 9.17) is 0 Å². The maximum atomic E-state index is 13.0. The molecule has 0 spiro atoms. The van der Waals surface area contributed by atoms with E-state index >= 15 is 0 Å². The lowest BCUT2D eigenvalue weighted by atomic mass is 10.1. The number of amides is 1. The Balaban J connectivity index is 1.59. The molecular weight excluding hydrogens is 344 g/mol. The highest BCUT2D eigenvalue weighted by Gasteiger charge is 2.30. The maximum absolute atomic E-state index is 13.0. The molecule has 0 aliphatic heterocycles. The molecule has 1 aliphatic rings. The second kappa shape index (κ2) is 7.33. The number of aryl methyl sites for hydroxylation is 1. The summed E-state index contributed by atoms with van der Waals surface area (Å²) in [4.78, 5) is 13.0. The predicted octanol–water partition coefficient (Wildman–Crippen LogP) is 4.39. The van der Waals surface area contributed by atoms with Gasteiger partial charge in [-0.15, -0.1) is 10.2 Å². The van der Waals surface area contributed by atoms with E-state index in [-0.39, 0.29) is 11.2 Å². The Morgan fingerprint density at radius 3 is 2.58 bits per heavy atom. The number of rotatable bonds is 6. The molecule has 0 saturated heterocycles. The Morgan fingerprint density at radius 1 is 1.15 bits per heavy atom. The minimum Gasteiger partial charge on any atom is -0.325 e. The van der Waals surface area contributed by atoms with Crippen molar-refractivity contribution in [3.05, 3.63) is 72.1 Å². The second-order valence-electron chi connectivity index (χ2n) is 6.52. The Bertz CT molecular complexity index is 888. The number of nitrogens with one attached hydrogen (secondary N) is 1. The van der Waals surface area contributed by atoms with Crippen LogP contribution in [0.3, 0.4) is 0 Å². The van der Waals surface area contributed by atoms with Gasteiger partial charge in [0.05, 0.1) is 0 Å². The summed E-state index contributed by atoms with van der Waals surface area (Å²) in [6, 6.07) is 18.1. The summed E-state index contributed by atoms with van der Waals surface area (Å²) in [5.74, 6) is -0.0598. The van der Waals surface area contributed by atoms with E-state index < -0.39 is 0 Å². The van der Waals surface area contributed by atoms with Gasteiger partial charge < -0.3 is 9.88 Å². The normalized spacial score (nSPS) is 14.8. The molecule has 0 bridgehead atoms. The number of carbonyl (C=O) groups is 1. The number of aromatic nitrogens is 3. The summed E-state index contributed by atoms with van der Waals surface area (Å²) < 4.78 is 2.08. The molecule has 2 aromatic carbocycles. The van der Waals surface area contributed by atoms with Crippen molar-refractivity contribution in [2.24, 2.45) is 0 Å². The standard InChI is InChI=1S/C20H20N4OS/c1-14-7-9-16(10-8-14)22-19(25)18(15-5-3-2-4-6-15)26-20-23-21-13-24(20)17-11-12-17/h2-10,13,17-18H,11-12H2,1H3,(H,22,25). The van der Waals surface area contributed by atoms with Crippen LogP contribution in [-0.4, -0.2) is 20.7 Å². The third-order valence-electron chi connectivity index (χ3n) is 4.36. The minimum absolute atomic E-state index is 0.0598. The molecule has 1 saturated carbocycles. The number of anilines is 1. The van der Waals surface area contributed by atoms with Gasteiger partial charge in [0.15, 0.2) is 5.16 Å². The van der Waals surface area contributed by atoms with Crippen molar-refractivity contribution in [1.29, 1.82) is 0 Å². The van der Waals surface area contributed by atoms with Crippen LogP contribution in [0.5, 0.6) is 0 Å². The Hall–Kier alpha value is -2.60. The highest BCUT2D eigenvalue weighted by Crippen LogP contribution is 2.41. The zero-order valence-electron chi connectivity index (χ0n) is 14.5. The van der Waals surface area contributed by atoms with Crippen molar-refractivity contribution in [3.63, 3.8) is 0 Å². The fourth-order valence-electron chi connectivity index (χ4n) is 2.77. The summed E-state index contributed by atoms with van der Waals surface area (Å²) in [5.41, 5.74) is 2.91. The summed E-state index contributed by atoms with van der Waals surface area (Å²) in [7, 11) is 0. The first-order chi connectivity index (χ1) is 12.7. The van der Waals surface area contributed by atoms with Gasteiger partial charge in [0.1, 0.15) is 11.6 Å². The molecule has 1 N–H and O–H groups in total. The number of thioether (sulfide) groups is 1. The first kappa shape index (κ1) is 16.8. The van der Waals surface area contributed by atoms with Gasteiger partial charge in [-0.1, -0.05) is 59.8 Å². The van der Waals surface area contributed by atoms with Gasteiger partial charge in [-0.05, 0) is 37.5 Å². The van der Waals surface area contributed by atoms with Crippen molar-refractivity contribution in [2.75, 3.05) is 5.32 Å². The van der Waals surface area contributed by atoms with E-state index in [2.05, 4.69) is 20.1 Å². The van der Waals surface area contributed by atoms with E-state index in [0.29, 0.717) is 6.04 Å². The molecule has 0 radical (unpaired) electrons. The van der Waals surface area contributed by atoms with E-state index in [1.54, 1.807) is 6.33 Å². The van der Waals surface area contributed by atoms with Crippen molar-refractivity contribution in [2.45, 2.75) is 36.2 Å². The first-order valence-corrected chi connectivity index (χ1v) is 9.57. The van der Waals surface area contributed by atoms with Crippen LogP contribution in [0.2, 0.25) is 0 Å². The van der Waals surface area contributed by atoms with Crippen molar-refractivity contribution < 1.29 is 4.79 Å². The molecule has 1 aliphatic carbocycles. The number of carbonyl (C=O) groups excluding carboxylic acids is 1. The van der Waals surface area contributed by atoms with Gasteiger partial charge in [0.25, 0.3) is 0 Å². The topological polar surface area (TPSA) is 59.8 Å². The van der Waals surface area contributed by atoms with Crippen LogP contribution in [0.4, 0.5) is 5.69 Å². The Morgan fingerprint density at radius 2 is 1.88 bits per heavy atom. The van der Waals surface area contributed by atoms with E-state index in [1.165, 1.54) is 11.8 Å². The van der Waals surface area contributed by atoms with Crippen LogP contribution < -0.4 is 5.32 Å². The second-order valence-corrected chi connectivity index (χ2v) is 7.59. The molecule has 1 amide bonds. The van der Waals surface area contributed by atoms with Gasteiger partial charge in [-0.3, -0.25) is 4.79 Å². The molecule has 1 unspecified atom stereocenters. The smallest absolute Gasteiger partial charge is 0.242 e. The van der Waals surface area contributed by atoms with Gasteiger partial charge >= 0.3 is 0 Å². The molecule has 3 aromatic rings. The summed E-state index contributed by atoms with van der Waals surface area (Å²) in [6.45, 7) is 2.03. The van der Waals surface area contributed by atoms with Gasteiger partial charge in [-0.25, -0.2) is 0 Å². The molecule has 5 nitrogen and oxygen atoms in total. The fourth-order valence-corrected chi connectivity index (χ4v) is 3.85. The lowest BCUT2D eigenvalue weighted by Gasteiger charge is -2.17. The maximum Gasteiger partial charge on any atom is 0.242 e. The van der Waals surface area contributed by atoms with Gasteiger partial charge in [0.2, 0.25) is 5.91 Å². The molecule has 1 fully saturated rings. The average molecular weight is 364 g/mol. The van der Waals surface area contributed by atoms with Crippen LogP contribution >= 0.6 is 11.8 Å². The molecule has 1 heterocycles. The van der Waals surface area contributed by atoms with E-state index in [0.717, 1.165) is 34.8 Å². The summed E-state index contributed by atoms with van der Waals surface area (Å²) >= 11 is 1.45. The number of hydrogen-bond acceptors (Lipinski definition) is 4. The molecular formula is C20H20N4OS. The highest BCUT2D eigenvalue weighted by molar-refractivity contribution is 8.00. The zero-order chi connectivity index (χ0) is 17.9. The zero-order valence-corrected chi connectivity index (χ0v) is 15.3. The van der Waals surface area contributed by atoms with Gasteiger partial charge in [-0.2, -0.15) is 0 Å². The van der Waals surface area contributed by atoms with Crippen LogP contribution in [-0.2, 0) is 4.79 Å². The Labute approximate surface area is 156 Å². The quantitative estimate of drug-likeness (QED) is 0.659. The molecule has 6 heteroatoms. The van der Waals surface area contributed by atoms with Gasteiger partial charge in [0, 0.05) is 11.7 Å². The van der Waals surface area contributed by atoms with Crippen LogP contribution in [0.25, 0.3) is 0 Å². The predicted molar refractivity (Wildman–Crippen MR) is 103 cm³/mol. The Kier molecular flexibility index (Phi) is 4.75. The number of hydrogen-bond donors (Lipinski definition) is 1. The third-order valence-corrected chi connectivity index (χ3v) is 5.59. The van der Waals surface area contributed by atoms with E-state index in [9.17, 15) is 4.79 Å². The molecule has 1 atom stereocenters. The molecule has 132 valence electrons. The van der Waals surface area contributed by atoms with Crippen LogP contribution in [0, 0.1) is 6.92 Å². The summed E-state index contributed by atoms with van der Waals surface area (Å²) in [5, 5.41) is 11.7. The molecule has 26 heavy (non-hydrogen) atoms. The average Bonchev–Trinajstić information content (AvgIpc) is 3.40. The fraction of sp³-hybridized carbons (Fsp3) is 0.250. The number of benzene rings is 2. The third kappa shape index (κ3) is 3.80.